The Bertz CT molecular complexity index is 2370. The molecular weight excluding hydrogens is 787 g/mol. The quantitative estimate of drug-likeness (QED) is 0.0953. The molecule has 0 aliphatic heterocycles. The third-order valence-electron chi connectivity index (χ3n) is 8.56. The van der Waals surface area contributed by atoms with Gasteiger partial charge >= 0.3 is 20.1 Å². The van der Waals surface area contributed by atoms with Crippen molar-refractivity contribution < 1.29 is 20.1 Å². The van der Waals surface area contributed by atoms with Crippen molar-refractivity contribution in [1.29, 1.82) is 0 Å². The van der Waals surface area contributed by atoms with E-state index in [-0.39, 0.29) is 20.1 Å². The second-order valence-corrected chi connectivity index (χ2v) is 12.9. The van der Waals surface area contributed by atoms with Crippen LogP contribution in [-0.4, -0.2) is 16.2 Å². The van der Waals surface area contributed by atoms with Crippen molar-refractivity contribution in [2.75, 3.05) is 0 Å². The van der Waals surface area contributed by atoms with Gasteiger partial charge in [-0.2, -0.15) is 6.21 Å². The van der Waals surface area contributed by atoms with Crippen molar-refractivity contribution in [2.45, 2.75) is 41.0 Å². The van der Waals surface area contributed by atoms with Crippen LogP contribution in [0.2, 0.25) is 0 Å². The first-order chi connectivity index (χ1) is 23.8. The van der Waals surface area contributed by atoms with Crippen molar-refractivity contribution in [3.05, 3.63) is 172 Å². The predicted octanol–water partition coefficient (Wildman–Crippen LogP) is 9.86. The van der Waals surface area contributed by atoms with Crippen LogP contribution >= 0.6 is 0 Å². The number of aryl methyl sites for hydroxylation is 2. The molecule has 6 aromatic carbocycles. The second kappa shape index (κ2) is 16.6. The van der Waals surface area contributed by atoms with Gasteiger partial charge in [0.05, 0.1) is 17.0 Å². The molecule has 0 N–H and O–H groups in total. The summed E-state index contributed by atoms with van der Waals surface area (Å²) in [4.78, 5) is 10.1. The zero-order valence-electron chi connectivity index (χ0n) is 29.2. The summed E-state index contributed by atoms with van der Waals surface area (Å²) >= 11 is 0. The van der Waals surface area contributed by atoms with Crippen LogP contribution in [0.5, 0.6) is 0 Å². The Balaban J connectivity index is 0.000000211. The molecule has 3 nitrogen and oxygen atoms in total. The summed E-state index contributed by atoms with van der Waals surface area (Å²) in [6, 6.07) is 48.4. The van der Waals surface area contributed by atoms with Gasteiger partial charge in [0, 0.05) is 10.8 Å². The molecule has 4 heteroatoms. The normalized spacial score (nSPS) is 11.9. The first-order valence-corrected chi connectivity index (χ1v) is 16.8. The Hall–Kier alpha value is -5.02. The molecule has 1 heterocycles. The molecule has 0 aliphatic rings. The third kappa shape index (κ3) is 8.40. The maximum absolute atomic E-state index is 8.99. The van der Waals surface area contributed by atoms with Gasteiger partial charge in [0.25, 0.3) is 0 Å². The number of hydrogen-bond donors (Lipinski definition) is 0. The summed E-state index contributed by atoms with van der Waals surface area (Å²) in [5.74, 6) is 1.32. The van der Waals surface area contributed by atoms with Gasteiger partial charge in [0.2, 0.25) is 0 Å². The Morgan fingerprint density at radius 3 is 2.30 bits per heavy atom. The van der Waals surface area contributed by atoms with E-state index >= 15 is 0 Å². The van der Waals surface area contributed by atoms with E-state index in [1.165, 1.54) is 22.1 Å². The molecule has 0 bridgehead atoms. The maximum atomic E-state index is 8.99. The van der Waals surface area contributed by atoms with Gasteiger partial charge in [-0.05, 0) is 28.5 Å². The Kier molecular flexibility index (Phi) is 12.0. The smallest absolute Gasteiger partial charge is 0.811 e. The molecule has 0 atom stereocenters. The van der Waals surface area contributed by atoms with E-state index in [4.69, 9.17) is 15.4 Å². The number of hydrogen-bond acceptors (Lipinski definition) is 2. The fourth-order valence-corrected chi connectivity index (χ4v) is 6.35. The summed E-state index contributed by atoms with van der Waals surface area (Å²) in [5, 5.41) is 14.5. The monoisotopic (exact) mass is 827 g/mol. The van der Waals surface area contributed by atoms with Crippen molar-refractivity contribution in [3.8, 4) is 22.6 Å². The topological polar surface area (TPSA) is 48.1 Å². The summed E-state index contributed by atoms with van der Waals surface area (Å²) in [5.41, 5.74) is 9.94. The van der Waals surface area contributed by atoms with Crippen LogP contribution in [-0.2, 0) is 26.5 Å². The van der Waals surface area contributed by atoms with Crippen LogP contribution in [0.3, 0.4) is 0 Å². The van der Waals surface area contributed by atoms with Gasteiger partial charge in [-0.3, -0.25) is 9.97 Å². The average molecular weight is 827 g/mol. The first kappa shape index (κ1) is 36.3. The zero-order valence-corrected chi connectivity index (χ0v) is 31.6. The summed E-state index contributed by atoms with van der Waals surface area (Å²) in [7, 11) is 0. The van der Waals surface area contributed by atoms with Crippen LogP contribution < -0.4 is 10.4 Å². The van der Waals surface area contributed by atoms with E-state index in [1.54, 1.807) is 6.08 Å². The number of nitrogens with zero attached hydrogens (tertiary/aromatic N) is 3. The van der Waals surface area contributed by atoms with Gasteiger partial charge in [-0.1, -0.05) is 137 Å². The van der Waals surface area contributed by atoms with Crippen molar-refractivity contribution >= 4 is 39.5 Å². The van der Waals surface area contributed by atoms with E-state index in [0.717, 1.165) is 73.1 Å². The van der Waals surface area contributed by atoms with Gasteiger partial charge in [0.15, 0.2) is 0 Å². The van der Waals surface area contributed by atoms with Crippen LogP contribution in [0.15, 0.2) is 121 Å². The Morgan fingerprint density at radius 2 is 1.54 bits per heavy atom. The minimum atomic E-state index is 0. The minimum absolute atomic E-state index is 0. The molecule has 0 fully saturated rings. The molecular formula is C46H40IrN3. The summed E-state index contributed by atoms with van der Waals surface area (Å²) in [6.07, 6.45) is 3.82. The van der Waals surface area contributed by atoms with Gasteiger partial charge in [-0.25, -0.2) is 0 Å². The molecule has 248 valence electrons. The predicted molar refractivity (Wildman–Crippen MR) is 208 cm³/mol. The van der Waals surface area contributed by atoms with Gasteiger partial charge < -0.3 is 5.41 Å². The number of rotatable bonds is 6. The third-order valence-corrected chi connectivity index (χ3v) is 8.56. The van der Waals surface area contributed by atoms with Crippen LogP contribution in [0, 0.1) is 31.9 Å². The number of fused-ring (bicyclic) bond motifs is 3. The number of benzene rings is 6. The molecule has 0 spiro atoms. The van der Waals surface area contributed by atoms with Crippen LogP contribution in [0.1, 0.15) is 43.0 Å². The molecule has 7 aromatic rings. The fraction of sp³-hybridized carbons (Fsp3) is 0.152. The average Bonchev–Trinajstić information content (AvgIpc) is 3.11. The fourth-order valence-electron chi connectivity index (χ4n) is 6.35. The maximum Gasteiger partial charge on any atom is 3.00 e. The molecule has 0 amide bonds. The van der Waals surface area contributed by atoms with Gasteiger partial charge in [0.1, 0.15) is 0 Å². The second-order valence-electron chi connectivity index (χ2n) is 12.9. The molecule has 0 saturated heterocycles. The molecule has 1 aromatic heterocycles. The molecule has 0 unspecified atom stereocenters. The molecule has 0 aliphatic carbocycles. The largest absolute Gasteiger partial charge is 3.00 e. The molecule has 0 radical (unpaired) electrons. The zero-order chi connectivity index (χ0) is 34.3. The van der Waals surface area contributed by atoms with Crippen molar-refractivity contribution in [1.82, 2.24) is 9.97 Å². The molecule has 50 heavy (non-hydrogen) atoms. The molecule has 0 saturated carbocycles. The SMILES string of the molecule is C/C(c1[c-]c(C)cc(C)c1)=c1/cccc/c1=C/C=[N-].CC(C)Cc1cc[c-]c(-c2nc(-c3ccccc3)c3ccc4ccccc4c3n2)c1.[Ir+3]. The first-order valence-electron chi connectivity index (χ1n) is 16.8. The van der Waals surface area contributed by atoms with Crippen molar-refractivity contribution in [2.24, 2.45) is 5.92 Å². The van der Waals surface area contributed by atoms with E-state index in [2.05, 4.69) is 138 Å². The number of aromatic nitrogens is 2. The van der Waals surface area contributed by atoms with E-state index in [0.29, 0.717) is 5.92 Å². The summed E-state index contributed by atoms with van der Waals surface area (Å²) in [6.45, 7) is 10.7. The minimum Gasteiger partial charge on any atom is -0.811 e. The summed E-state index contributed by atoms with van der Waals surface area (Å²) < 4.78 is 0. The Morgan fingerprint density at radius 1 is 0.800 bits per heavy atom. The van der Waals surface area contributed by atoms with Crippen LogP contribution in [0.4, 0.5) is 0 Å². The Labute approximate surface area is 309 Å². The van der Waals surface area contributed by atoms with E-state index in [9.17, 15) is 0 Å². The van der Waals surface area contributed by atoms with E-state index in [1.807, 2.05) is 30.3 Å². The van der Waals surface area contributed by atoms with Crippen molar-refractivity contribution in [3.63, 3.8) is 0 Å². The van der Waals surface area contributed by atoms with Crippen LogP contribution in [0.25, 0.3) is 61.4 Å². The van der Waals surface area contributed by atoms with E-state index < -0.39 is 0 Å². The molecule has 7 rings (SSSR count). The standard InChI is InChI=1S/C28H23N2.C18H17N.Ir/c1-19(2)17-20-9-8-13-23(18-20)28-29-26(22-11-4-3-5-12-22)25-16-15-21-10-6-7-14-24(21)27(25)30-28;1-13-10-14(2)12-17(11-13)15(3)18-7-5-4-6-16(18)8-9-19;/h3-12,14-16,18-19H,17H2,1-2H3;4-11H,1-3H3;/q-1;-2;+3/b;16-8-,18-15+;. The van der Waals surface area contributed by atoms with Gasteiger partial charge in [-0.15, -0.1) is 75.9 Å².